The van der Waals surface area contributed by atoms with Crippen LogP contribution in [0, 0.1) is 52.8 Å². The molecule has 5 aliphatic rings. The maximum absolute atomic E-state index is 14.3. The van der Waals surface area contributed by atoms with E-state index in [0.717, 1.165) is 11.1 Å². The van der Waals surface area contributed by atoms with E-state index >= 15 is 0 Å². The lowest BCUT2D eigenvalue weighted by atomic mass is 9.63. The number of hydrogen-bond acceptors (Lipinski definition) is 6. The average molecular weight is 551 g/mol. The van der Waals surface area contributed by atoms with Crippen LogP contribution in [0.3, 0.4) is 0 Å². The predicted octanol–water partition coefficient (Wildman–Crippen LogP) is 4.85. The van der Waals surface area contributed by atoms with Crippen LogP contribution in [0.25, 0.3) is 21.5 Å². The average Bonchev–Trinajstić information content (AvgIpc) is 3.61. The monoisotopic (exact) mass is 550 g/mol. The highest BCUT2D eigenvalue weighted by Crippen LogP contribution is 2.78. The van der Waals surface area contributed by atoms with Crippen LogP contribution in [-0.4, -0.2) is 34.1 Å². The van der Waals surface area contributed by atoms with Gasteiger partial charge in [0, 0.05) is 33.4 Å². The minimum atomic E-state index is -1.13. The molecule has 2 N–H and O–H groups in total. The topological polar surface area (TPSA) is 127 Å². The first-order valence-corrected chi connectivity index (χ1v) is 13.9. The summed E-state index contributed by atoms with van der Waals surface area (Å²) in [6.07, 6.45) is 3.88. The lowest BCUT2D eigenvalue weighted by Crippen LogP contribution is -2.39. The Bertz CT molecular complexity index is 1640. The molecule has 1 aliphatic heterocycles. The molecule has 1 heterocycles. The van der Waals surface area contributed by atoms with Gasteiger partial charge in [-0.05, 0) is 31.1 Å². The second kappa shape index (κ2) is 7.84. The Morgan fingerprint density at radius 3 is 1.32 bits per heavy atom. The highest BCUT2D eigenvalue weighted by Gasteiger charge is 2.80. The summed E-state index contributed by atoms with van der Waals surface area (Å²) >= 11 is 0. The molecule has 8 rings (SSSR count). The number of esters is 2. The molecule has 3 aromatic rings. The van der Waals surface area contributed by atoms with Crippen LogP contribution in [-0.2, 0) is 19.2 Å². The molecule has 3 aromatic carbocycles. The highest BCUT2D eigenvalue weighted by molar-refractivity contribution is 6.13. The van der Waals surface area contributed by atoms with Gasteiger partial charge in [-0.1, -0.05) is 71.8 Å². The van der Waals surface area contributed by atoms with Crippen molar-refractivity contribution in [2.75, 3.05) is 0 Å². The number of carbonyl (C=O) groups is 4. The standard InChI is InChI=1S/C33H26O8/c1-13-11-19-21-23(29(34)35)25(13)33(19)20-12-14(2)26(33)24(30(36)37)22(20)32(39)41-28-17-9-5-3-7-15(17)27(40-31(21)38)16-8-4-6-10-18(16)28/h3-12,19-26H,1-2H3,(H,34,35)(H,36,37). The van der Waals surface area contributed by atoms with Gasteiger partial charge in [0.2, 0.25) is 0 Å². The molecule has 0 radical (unpaired) electrons. The molecule has 2 saturated carbocycles. The first kappa shape index (κ1) is 24.3. The van der Waals surface area contributed by atoms with Gasteiger partial charge in [-0.3, -0.25) is 19.2 Å². The van der Waals surface area contributed by atoms with Crippen molar-refractivity contribution in [2.45, 2.75) is 13.8 Å². The van der Waals surface area contributed by atoms with E-state index in [1.807, 2.05) is 26.0 Å². The van der Waals surface area contributed by atoms with E-state index in [-0.39, 0.29) is 11.5 Å². The van der Waals surface area contributed by atoms with E-state index in [4.69, 9.17) is 9.47 Å². The van der Waals surface area contributed by atoms with E-state index in [1.165, 1.54) is 0 Å². The predicted molar refractivity (Wildman–Crippen MR) is 146 cm³/mol. The van der Waals surface area contributed by atoms with E-state index in [0.29, 0.717) is 21.5 Å². The Morgan fingerprint density at radius 1 is 0.659 bits per heavy atom. The number of carboxylic acids is 2. The number of allylic oxidation sites excluding steroid dienone is 4. The summed E-state index contributed by atoms with van der Waals surface area (Å²) in [6, 6.07) is 14.2. The molecule has 0 amide bonds. The lowest BCUT2D eigenvalue weighted by Gasteiger charge is -2.38. The number of fused-ring (bicyclic) bond motifs is 3. The van der Waals surface area contributed by atoms with Crippen LogP contribution < -0.4 is 9.47 Å². The van der Waals surface area contributed by atoms with Gasteiger partial charge in [-0.2, -0.15) is 0 Å². The van der Waals surface area contributed by atoms with Crippen LogP contribution in [0.5, 0.6) is 11.5 Å². The molecule has 9 bridgehead atoms. The van der Waals surface area contributed by atoms with Crippen LogP contribution in [0.1, 0.15) is 13.8 Å². The van der Waals surface area contributed by atoms with Gasteiger partial charge >= 0.3 is 23.9 Å². The zero-order valence-corrected chi connectivity index (χ0v) is 22.2. The molecule has 8 heteroatoms. The van der Waals surface area contributed by atoms with Gasteiger partial charge < -0.3 is 19.7 Å². The van der Waals surface area contributed by atoms with Crippen molar-refractivity contribution in [1.82, 2.24) is 0 Å². The maximum Gasteiger partial charge on any atom is 0.315 e. The van der Waals surface area contributed by atoms with Gasteiger partial charge in [0.15, 0.2) is 0 Å². The number of ether oxygens (including phenoxy) is 2. The second-order valence-corrected chi connectivity index (χ2v) is 12.2. The minimum Gasteiger partial charge on any atom is -0.481 e. The van der Waals surface area contributed by atoms with E-state index in [9.17, 15) is 29.4 Å². The molecular weight excluding hydrogens is 524 g/mol. The van der Waals surface area contributed by atoms with Crippen molar-refractivity contribution in [2.24, 2.45) is 52.8 Å². The van der Waals surface area contributed by atoms with E-state index < -0.39 is 76.6 Å². The first-order valence-electron chi connectivity index (χ1n) is 13.9. The smallest absolute Gasteiger partial charge is 0.315 e. The van der Waals surface area contributed by atoms with Crippen molar-refractivity contribution in [3.63, 3.8) is 0 Å². The maximum atomic E-state index is 14.3. The Kier molecular flexibility index (Phi) is 4.66. The summed E-state index contributed by atoms with van der Waals surface area (Å²) in [4.78, 5) is 54.5. The summed E-state index contributed by atoms with van der Waals surface area (Å²) in [5, 5.41) is 23.3. The van der Waals surface area contributed by atoms with Crippen molar-refractivity contribution in [3.8, 4) is 11.5 Å². The number of benzene rings is 3. The normalized spacial score (nSPS) is 36.3. The molecule has 41 heavy (non-hydrogen) atoms. The largest absolute Gasteiger partial charge is 0.481 e. The molecule has 0 saturated heterocycles. The van der Waals surface area contributed by atoms with Crippen LogP contribution in [0.4, 0.5) is 0 Å². The zero-order valence-electron chi connectivity index (χ0n) is 22.2. The molecular formula is C33H26O8. The Labute approximate surface area is 234 Å². The van der Waals surface area contributed by atoms with Crippen molar-refractivity contribution in [1.29, 1.82) is 0 Å². The summed E-state index contributed by atoms with van der Waals surface area (Å²) in [7, 11) is 0. The summed E-state index contributed by atoms with van der Waals surface area (Å²) in [5.74, 6) is -9.80. The summed E-state index contributed by atoms with van der Waals surface area (Å²) in [6.45, 7) is 3.70. The minimum absolute atomic E-state index is 0.285. The van der Waals surface area contributed by atoms with Crippen molar-refractivity contribution in [3.05, 3.63) is 71.8 Å². The third-order valence-corrected chi connectivity index (χ3v) is 10.7. The van der Waals surface area contributed by atoms with E-state index in [2.05, 4.69) is 0 Å². The zero-order chi connectivity index (χ0) is 28.5. The third-order valence-electron chi connectivity index (χ3n) is 10.7. The number of carboxylic acid groups (broad SMARTS) is 2. The van der Waals surface area contributed by atoms with Crippen LogP contribution in [0.15, 0.2) is 71.8 Å². The molecule has 8 unspecified atom stereocenters. The SMILES string of the molecule is CC1=CC2C3C(=O)Oc4c5ccccc5c(c5ccccc45)OC(=O)C4C(C(=O)O)C5C(C)=CC4C25C1C3C(=O)O. The molecule has 0 aromatic heterocycles. The first-order chi connectivity index (χ1) is 19.7. The molecule has 8 nitrogen and oxygen atoms in total. The Hall–Kier alpha value is -4.46. The molecule has 1 spiro atoms. The molecule has 206 valence electrons. The second-order valence-electron chi connectivity index (χ2n) is 12.2. The van der Waals surface area contributed by atoms with Crippen molar-refractivity contribution >= 4 is 45.4 Å². The van der Waals surface area contributed by atoms with Crippen LogP contribution in [0.2, 0.25) is 0 Å². The highest BCUT2D eigenvalue weighted by atomic mass is 16.5. The van der Waals surface area contributed by atoms with Crippen molar-refractivity contribution < 1.29 is 38.9 Å². The number of carbonyl (C=O) groups excluding carboxylic acids is 2. The quantitative estimate of drug-likeness (QED) is 0.201. The molecule has 2 fully saturated rings. The fourth-order valence-corrected chi connectivity index (χ4v) is 9.76. The molecule has 8 atom stereocenters. The van der Waals surface area contributed by atoms with Crippen LogP contribution >= 0.6 is 0 Å². The van der Waals surface area contributed by atoms with Gasteiger partial charge in [0.05, 0.1) is 23.7 Å². The fourth-order valence-electron chi connectivity index (χ4n) is 9.76. The van der Waals surface area contributed by atoms with E-state index in [1.54, 1.807) is 48.5 Å². The summed E-state index contributed by atoms with van der Waals surface area (Å²) < 4.78 is 12.4. The van der Waals surface area contributed by atoms with Gasteiger partial charge in [-0.25, -0.2) is 0 Å². The summed E-state index contributed by atoms with van der Waals surface area (Å²) in [5.41, 5.74) is 0.679. The van der Waals surface area contributed by atoms with Gasteiger partial charge in [0.1, 0.15) is 11.5 Å². The fraction of sp³-hybridized carbons (Fsp3) is 0.333. The van der Waals surface area contributed by atoms with Gasteiger partial charge in [-0.15, -0.1) is 0 Å². The Balaban J connectivity index is 1.47. The Morgan fingerprint density at radius 2 is 1.00 bits per heavy atom. The number of aliphatic carboxylic acids is 2. The number of hydrogen-bond donors (Lipinski definition) is 2. The number of rotatable bonds is 2. The lowest BCUT2D eigenvalue weighted by molar-refractivity contribution is -0.152. The third kappa shape index (κ3) is 2.71. The van der Waals surface area contributed by atoms with Gasteiger partial charge in [0.25, 0.3) is 0 Å². The molecule has 4 aliphatic carbocycles.